The molecule has 0 heterocycles. The Morgan fingerprint density at radius 2 is 1.67 bits per heavy atom. The van der Waals surface area contributed by atoms with Crippen LogP contribution in [0, 0.1) is 0 Å². The van der Waals surface area contributed by atoms with Crippen LogP contribution in [-0.4, -0.2) is 25.5 Å². The Balaban J connectivity index is 2.28. The summed E-state index contributed by atoms with van der Waals surface area (Å²) in [5, 5.41) is 0. The van der Waals surface area contributed by atoms with Crippen molar-refractivity contribution in [2.24, 2.45) is 5.73 Å². The minimum atomic E-state index is -0.268. The molecule has 1 aromatic rings. The van der Waals surface area contributed by atoms with Gasteiger partial charge < -0.3 is 15.2 Å². The molecule has 102 valence electrons. The van der Waals surface area contributed by atoms with E-state index in [1.165, 1.54) is 5.56 Å². The van der Waals surface area contributed by atoms with Crippen molar-refractivity contribution < 1.29 is 9.47 Å². The molecule has 1 unspecified atom stereocenters. The van der Waals surface area contributed by atoms with Crippen LogP contribution in [0.15, 0.2) is 30.3 Å². The van der Waals surface area contributed by atoms with Crippen molar-refractivity contribution in [3.8, 4) is 0 Å². The summed E-state index contributed by atoms with van der Waals surface area (Å²) in [6.45, 7) is 5.19. The topological polar surface area (TPSA) is 44.5 Å². The fourth-order valence-corrected chi connectivity index (χ4v) is 1.95. The van der Waals surface area contributed by atoms with E-state index in [1.807, 2.05) is 19.9 Å². The Kier molecular flexibility index (Phi) is 7.65. The van der Waals surface area contributed by atoms with Gasteiger partial charge in [0.25, 0.3) is 0 Å². The molecular weight excluding hydrogens is 226 g/mol. The minimum absolute atomic E-state index is 0.0476. The highest BCUT2D eigenvalue weighted by Crippen LogP contribution is 2.10. The third kappa shape index (κ3) is 5.63. The Hall–Kier alpha value is -0.900. The van der Waals surface area contributed by atoms with Gasteiger partial charge >= 0.3 is 0 Å². The first-order valence-electron chi connectivity index (χ1n) is 6.80. The summed E-state index contributed by atoms with van der Waals surface area (Å²) in [4.78, 5) is 0. The van der Waals surface area contributed by atoms with E-state index in [-0.39, 0.29) is 12.3 Å². The number of ether oxygens (including phenoxy) is 2. The monoisotopic (exact) mass is 251 g/mol. The zero-order valence-electron chi connectivity index (χ0n) is 11.5. The molecule has 0 amide bonds. The van der Waals surface area contributed by atoms with Crippen LogP contribution in [0.3, 0.4) is 0 Å². The lowest BCUT2D eigenvalue weighted by Gasteiger charge is -2.23. The van der Waals surface area contributed by atoms with Crippen LogP contribution in [-0.2, 0) is 15.9 Å². The molecule has 0 aliphatic carbocycles. The van der Waals surface area contributed by atoms with Gasteiger partial charge in [-0.25, -0.2) is 0 Å². The Labute approximate surface area is 110 Å². The van der Waals surface area contributed by atoms with Gasteiger partial charge in [-0.2, -0.15) is 0 Å². The molecule has 0 bridgehead atoms. The highest BCUT2D eigenvalue weighted by Gasteiger charge is 2.17. The summed E-state index contributed by atoms with van der Waals surface area (Å²) in [6, 6.07) is 10.4. The maximum absolute atomic E-state index is 6.10. The molecule has 0 aromatic heterocycles. The molecule has 1 atom stereocenters. The summed E-state index contributed by atoms with van der Waals surface area (Å²) in [5.74, 6) is 0. The number of hydrogen-bond acceptors (Lipinski definition) is 3. The highest BCUT2D eigenvalue weighted by molar-refractivity contribution is 5.14. The number of rotatable bonds is 9. The van der Waals surface area contributed by atoms with Crippen molar-refractivity contribution in [1.29, 1.82) is 0 Å². The van der Waals surface area contributed by atoms with Crippen LogP contribution in [0.4, 0.5) is 0 Å². The van der Waals surface area contributed by atoms with Crippen LogP contribution >= 0.6 is 0 Å². The SMILES string of the molecule is CCOC(OCC)C(N)CCCc1ccccc1. The Morgan fingerprint density at radius 3 is 2.22 bits per heavy atom. The molecule has 2 N–H and O–H groups in total. The van der Waals surface area contributed by atoms with Gasteiger partial charge in [0.2, 0.25) is 0 Å². The quantitative estimate of drug-likeness (QED) is 0.686. The number of hydrogen-bond donors (Lipinski definition) is 1. The molecule has 1 rings (SSSR count). The van der Waals surface area contributed by atoms with E-state index in [0.717, 1.165) is 19.3 Å². The fraction of sp³-hybridized carbons (Fsp3) is 0.600. The van der Waals surface area contributed by atoms with Gasteiger partial charge in [-0.3, -0.25) is 0 Å². The molecule has 0 fully saturated rings. The van der Waals surface area contributed by atoms with Crippen molar-refractivity contribution in [2.45, 2.75) is 45.4 Å². The van der Waals surface area contributed by atoms with E-state index < -0.39 is 0 Å². The molecule has 18 heavy (non-hydrogen) atoms. The largest absolute Gasteiger partial charge is 0.351 e. The predicted octanol–water partition coefficient (Wildman–Crippen LogP) is 2.74. The van der Waals surface area contributed by atoms with Crippen LogP contribution in [0.5, 0.6) is 0 Å². The van der Waals surface area contributed by atoms with Crippen molar-refractivity contribution >= 4 is 0 Å². The lowest BCUT2D eigenvalue weighted by atomic mass is 10.0. The van der Waals surface area contributed by atoms with E-state index in [9.17, 15) is 0 Å². The lowest BCUT2D eigenvalue weighted by molar-refractivity contribution is -0.149. The van der Waals surface area contributed by atoms with Crippen molar-refractivity contribution in [3.63, 3.8) is 0 Å². The van der Waals surface area contributed by atoms with E-state index in [0.29, 0.717) is 13.2 Å². The second kappa shape index (κ2) is 9.09. The van der Waals surface area contributed by atoms with Crippen LogP contribution in [0.25, 0.3) is 0 Å². The third-order valence-electron chi connectivity index (χ3n) is 2.86. The lowest BCUT2D eigenvalue weighted by Crippen LogP contribution is -2.39. The van der Waals surface area contributed by atoms with E-state index >= 15 is 0 Å². The van der Waals surface area contributed by atoms with Crippen molar-refractivity contribution in [1.82, 2.24) is 0 Å². The van der Waals surface area contributed by atoms with Gasteiger partial charge in [0.15, 0.2) is 6.29 Å². The summed E-state index contributed by atoms with van der Waals surface area (Å²) >= 11 is 0. The van der Waals surface area contributed by atoms with Crippen LogP contribution < -0.4 is 5.73 Å². The average molecular weight is 251 g/mol. The average Bonchev–Trinajstić information content (AvgIpc) is 2.39. The molecule has 0 spiro atoms. The maximum atomic E-state index is 6.10. The zero-order valence-corrected chi connectivity index (χ0v) is 11.5. The highest BCUT2D eigenvalue weighted by atomic mass is 16.7. The molecule has 0 aliphatic rings. The summed E-state index contributed by atoms with van der Waals surface area (Å²) < 4.78 is 11.0. The molecule has 0 radical (unpaired) electrons. The summed E-state index contributed by atoms with van der Waals surface area (Å²) in [7, 11) is 0. The van der Waals surface area contributed by atoms with Gasteiger partial charge in [-0.1, -0.05) is 30.3 Å². The fourth-order valence-electron chi connectivity index (χ4n) is 1.95. The van der Waals surface area contributed by atoms with E-state index in [1.54, 1.807) is 0 Å². The Bertz CT molecular complexity index is 297. The van der Waals surface area contributed by atoms with Gasteiger partial charge in [0, 0.05) is 13.2 Å². The number of aryl methyl sites for hydroxylation is 1. The van der Waals surface area contributed by atoms with E-state index in [4.69, 9.17) is 15.2 Å². The first-order valence-corrected chi connectivity index (χ1v) is 6.80. The molecule has 3 nitrogen and oxygen atoms in total. The molecule has 0 saturated heterocycles. The molecule has 1 aromatic carbocycles. The summed E-state index contributed by atoms with van der Waals surface area (Å²) in [6.07, 6.45) is 2.76. The van der Waals surface area contributed by atoms with Gasteiger partial charge in [0.1, 0.15) is 0 Å². The van der Waals surface area contributed by atoms with Gasteiger partial charge in [-0.15, -0.1) is 0 Å². The van der Waals surface area contributed by atoms with Crippen molar-refractivity contribution in [2.75, 3.05) is 13.2 Å². The Morgan fingerprint density at radius 1 is 1.06 bits per heavy atom. The summed E-state index contributed by atoms with van der Waals surface area (Å²) in [5.41, 5.74) is 7.46. The van der Waals surface area contributed by atoms with Crippen LogP contribution in [0.1, 0.15) is 32.3 Å². The van der Waals surface area contributed by atoms with E-state index in [2.05, 4.69) is 24.3 Å². The molecule has 0 aliphatic heterocycles. The van der Waals surface area contributed by atoms with Crippen molar-refractivity contribution in [3.05, 3.63) is 35.9 Å². The van der Waals surface area contributed by atoms with Crippen LogP contribution in [0.2, 0.25) is 0 Å². The second-order valence-corrected chi connectivity index (χ2v) is 4.32. The maximum Gasteiger partial charge on any atom is 0.172 e. The normalized spacial score (nSPS) is 12.9. The number of nitrogens with two attached hydrogens (primary N) is 1. The smallest absolute Gasteiger partial charge is 0.172 e. The first kappa shape index (κ1) is 15.2. The standard InChI is InChI=1S/C15H25NO2/c1-3-17-15(18-4-2)14(16)12-8-11-13-9-6-5-7-10-13/h5-7,9-10,14-15H,3-4,8,11-12,16H2,1-2H3. The first-order chi connectivity index (χ1) is 8.77. The van der Waals surface area contributed by atoms with Gasteiger partial charge in [0.05, 0.1) is 6.04 Å². The molecular formula is C15H25NO2. The van der Waals surface area contributed by atoms with Gasteiger partial charge in [-0.05, 0) is 38.7 Å². The molecule has 0 saturated carbocycles. The minimum Gasteiger partial charge on any atom is -0.351 e. The molecule has 3 heteroatoms. The number of benzene rings is 1. The second-order valence-electron chi connectivity index (χ2n) is 4.32. The predicted molar refractivity (Wildman–Crippen MR) is 74.4 cm³/mol. The zero-order chi connectivity index (χ0) is 13.2. The third-order valence-corrected chi connectivity index (χ3v) is 2.86.